The van der Waals surface area contributed by atoms with Gasteiger partial charge in [0, 0.05) is 10.7 Å². The van der Waals surface area contributed by atoms with Crippen molar-refractivity contribution in [2.45, 2.75) is 64.2 Å². The van der Waals surface area contributed by atoms with Crippen LogP contribution in [0.5, 0.6) is 11.5 Å². The Morgan fingerprint density at radius 1 is 0.600 bits per heavy atom. The van der Waals surface area contributed by atoms with E-state index in [4.69, 9.17) is 9.47 Å². The molecule has 0 atom stereocenters. The van der Waals surface area contributed by atoms with Gasteiger partial charge in [-0.2, -0.15) is 0 Å². The number of rotatable bonds is 15. The van der Waals surface area contributed by atoms with Gasteiger partial charge in [0.15, 0.2) is 0 Å². The second kappa shape index (κ2) is 14.9. The van der Waals surface area contributed by atoms with Crippen LogP contribution in [0.15, 0.2) is 36.4 Å². The van der Waals surface area contributed by atoms with E-state index in [2.05, 4.69) is 68.3 Å². The van der Waals surface area contributed by atoms with Crippen molar-refractivity contribution in [3.63, 3.8) is 0 Å². The van der Waals surface area contributed by atoms with Gasteiger partial charge in [0.2, 0.25) is 0 Å². The summed E-state index contributed by atoms with van der Waals surface area (Å²) in [7, 11) is 3.52. The minimum absolute atomic E-state index is 0.899. The molecule has 0 aromatic heterocycles. The molecule has 2 aromatic carbocycles. The van der Waals surface area contributed by atoms with E-state index in [-0.39, 0.29) is 0 Å². The van der Waals surface area contributed by atoms with Crippen LogP contribution in [0.2, 0.25) is 0 Å². The third-order valence-electron chi connectivity index (χ3n) is 5.63. The summed E-state index contributed by atoms with van der Waals surface area (Å²) in [6.07, 6.45) is 12.3. The van der Waals surface area contributed by atoms with Crippen LogP contribution in [0.4, 0.5) is 0 Å². The summed E-state index contributed by atoms with van der Waals surface area (Å²) in [6.45, 7) is 0. The number of halogens is 2. The zero-order valence-electron chi connectivity index (χ0n) is 18.5. The molecule has 0 aliphatic carbocycles. The molecule has 2 rings (SSSR count). The van der Waals surface area contributed by atoms with Crippen molar-refractivity contribution >= 4 is 31.9 Å². The maximum atomic E-state index is 5.80. The molecule has 0 bridgehead atoms. The van der Waals surface area contributed by atoms with Gasteiger partial charge in [0.25, 0.3) is 0 Å². The highest BCUT2D eigenvalue weighted by atomic mass is 79.9. The zero-order valence-corrected chi connectivity index (χ0v) is 21.7. The van der Waals surface area contributed by atoms with E-state index in [9.17, 15) is 0 Å². The minimum Gasteiger partial charge on any atom is -0.497 e. The predicted molar refractivity (Wildman–Crippen MR) is 137 cm³/mol. The number of ether oxygens (including phenoxy) is 2. The van der Waals surface area contributed by atoms with E-state index < -0.39 is 0 Å². The average Bonchev–Trinajstić information content (AvgIpc) is 2.79. The van der Waals surface area contributed by atoms with Crippen LogP contribution in [0, 0.1) is 0 Å². The van der Waals surface area contributed by atoms with Gasteiger partial charge in [0.05, 0.1) is 14.2 Å². The first-order valence-corrected chi connectivity index (χ1v) is 13.4. The number of benzene rings is 2. The Kier molecular flexibility index (Phi) is 12.6. The van der Waals surface area contributed by atoms with Crippen LogP contribution in [0.1, 0.15) is 62.5 Å². The van der Waals surface area contributed by atoms with E-state index in [0.29, 0.717) is 0 Å². The van der Waals surface area contributed by atoms with Crippen molar-refractivity contribution in [1.29, 1.82) is 0 Å². The highest BCUT2D eigenvalue weighted by Crippen LogP contribution is 2.35. The van der Waals surface area contributed by atoms with Crippen molar-refractivity contribution in [2.75, 3.05) is 24.9 Å². The number of hydrogen-bond donors (Lipinski definition) is 0. The molecule has 0 aliphatic rings. The second-order valence-electron chi connectivity index (χ2n) is 7.71. The second-order valence-corrected chi connectivity index (χ2v) is 9.29. The fraction of sp³-hybridized carbons (Fsp3) is 0.538. The number of alkyl halides is 2. The number of hydrogen-bond acceptors (Lipinski definition) is 2. The Morgan fingerprint density at radius 2 is 1.17 bits per heavy atom. The van der Waals surface area contributed by atoms with Gasteiger partial charge in [-0.1, -0.05) is 75.7 Å². The maximum absolute atomic E-state index is 5.80. The summed E-state index contributed by atoms with van der Waals surface area (Å²) >= 11 is 7.09. The zero-order chi connectivity index (χ0) is 21.6. The Morgan fingerprint density at radius 3 is 1.70 bits per heavy atom. The summed E-state index contributed by atoms with van der Waals surface area (Å²) in [5.74, 6) is 1.94. The van der Waals surface area contributed by atoms with Crippen LogP contribution >= 0.6 is 31.9 Å². The summed E-state index contributed by atoms with van der Waals surface area (Å²) in [5, 5.41) is 2.20. The van der Waals surface area contributed by atoms with E-state index in [0.717, 1.165) is 35.0 Å². The topological polar surface area (TPSA) is 18.5 Å². The Balaban J connectivity index is 2.29. The fourth-order valence-electron chi connectivity index (χ4n) is 3.96. The highest BCUT2D eigenvalue weighted by molar-refractivity contribution is 9.09. The molecule has 0 amide bonds. The van der Waals surface area contributed by atoms with Gasteiger partial charge >= 0.3 is 0 Å². The summed E-state index contributed by atoms with van der Waals surface area (Å²) < 4.78 is 11.2. The van der Waals surface area contributed by atoms with Crippen molar-refractivity contribution in [1.82, 2.24) is 0 Å². The molecule has 0 saturated carbocycles. The Hall–Kier alpha value is -1.00. The quantitative estimate of drug-likeness (QED) is 0.167. The molecule has 2 nitrogen and oxygen atoms in total. The lowest BCUT2D eigenvalue weighted by molar-refractivity contribution is 0.408. The molecule has 166 valence electrons. The first kappa shape index (κ1) is 25.3. The minimum atomic E-state index is 0.899. The summed E-state index contributed by atoms with van der Waals surface area (Å²) in [5.41, 5.74) is 5.48. The molecule has 0 unspecified atom stereocenters. The Bertz CT molecular complexity index is 729. The van der Waals surface area contributed by atoms with E-state index >= 15 is 0 Å². The third-order valence-corrected chi connectivity index (χ3v) is 6.75. The van der Waals surface area contributed by atoms with Gasteiger partial charge in [-0.25, -0.2) is 0 Å². The lowest BCUT2D eigenvalue weighted by Gasteiger charge is -2.19. The molecule has 0 fully saturated rings. The maximum Gasteiger partial charge on any atom is 0.122 e. The van der Waals surface area contributed by atoms with Gasteiger partial charge < -0.3 is 9.47 Å². The standard InChI is InChI=1S/C26H36Br2O2/c1-29-22-15-13-21(14-16-22)23-17-18-26(30-2)25(12-8-4-6-10-20-28)24(23)11-7-3-5-9-19-27/h13-18H,3-12,19-20H2,1-2H3. The SMILES string of the molecule is COc1ccc(-c2ccc(OC)c(CCCCCCBr)c2CCCCCCBr)cc1. The van der Waals surface area contributed by atoms with Crippen LogP contribution in [0.25, 0.3) is 11.1 Å². The molecule has 0 spiro atoms. The lowest BCUT2D eigenvalue weighted by atomic mass is 9.88. The molecule has 0 radical (unpaired) electrons. The fourth-order valence-corrected chi connectivity index (χ4v) is 4.76. The summed E-state index contributed by atoms with van der Waals surface area (Å²) in [4.78, 5) is 0. The van der Waals surface area contributed by atoms with Gasteiger partial charge in [0.1, 0.15) is 11.5 Å². The number of methoxy groups -OCH3 is 2. The molecule has 2 aromatic rings. The molecule has 0 heterocycles. The molecule has 4 heteroatoms. The monoisotopic (exact) mass is 538 g/mol. The van der Waals surface area contributed by atoms with Crippen LogP contribution < -0.4 is 9.47 Å². The molecular weight excluding hydrogens is 504 g/mol. The van der Waals surface area contributed by atoms with Gasteiger partial charge in [-0.05, 0) is 79.0 Å². The van der Waals surface area contributed by atoms with Crippen LogP contribution in [-0.2, 0) is 12.8 Å². The van der Waals surface area contributed by atoms with E-state index in [1.807, 2.05) is 0 Å². The molecule has 0 aliphatic heterocycles. The van der Waals surface area contributed by atoms with Crippen molar-refractivity contribution in [3.8, 4) is 22.6 Å². The van der Waals surface area contributed by atoms with Crippen molar-refractivity contribution in [3.05, 3.63) is 47.5 Å². The normalized spacial score (nSPS) is 10.9. The third kappa shape index (κ3) is 7.92. The molecule has 30 heavy (non-hydrogen) atoms. The lowest BCUT2D eigenvalue weighted by Crippen LogP contribution is -2.03. The van der Waals surface area contributed by atoms with Gasteiger partial charge in [-0.3, -0.25) is 0 Å². The smallest absolute Gasteiger partial charge is 0.122 e. The predicted octanol–water partition coefficient (Wildman–Crippen LogP) is 8.37. The average molecular weight is 540 g/mol. The summed E-state index contributed by atoms with van der Waals surface area (Å²) in [6, 6.07) is 12.9. The van der Waals surface area contributed by atoms with Crippen molar-refractivity contribution < 1.29 is 9.47 Å². The van der Waals surface area contributed by atoms with Crippen LogP contribution in [0.3, 0.4) is 0 Å². The van der Waals surface area contributed by atoms with Crippen molar-refractivity contribution in [2.24, 2.45) is 0 Å². The van der Waals surface area contributed by atoms with Gasteiger partial charge in [-0.15, -0.1) is 0 Å². The number of unbranched alkanes of at least 4 members (excludes halogenated alkanes) is 6. The largest absolute Gasteiger partial charge is 0.497 e. The van der Waals surface area contributed by atoms with Crippen LogP contribution in [-0.4, -0.2) is 24.9 Å². The van der Waals surface area contributed by atoms with E-state index in [1.165, 1.54) is 73.6 Å². The molecular formula is C26H36Br2O2. The first-order chi connectivity index (χ1) is 14.7. The molecule has 0 N–H and O–H groups in total. The van der Waals surface area contributed by atoms with E-state index in [1.54, 1.807) is 14.2 Å². The Labute approximate surface area is 200 Å². The highest BCUT2D eigenvalue weighted by Gasteiger charge is 2.15. The first-order valence-electron chi connectivity index (χ1n) is 11.2. The molecule has 0 saturated heterocycles.